The predicted octanol–water partition coefficient (Wildman–Crippen LogP) is 1.28. The van der Waals surface area contributed by atoms with Crippen molar-refractivity contribution < 1.29 is 9.59 Å². The molecule has 1 N–H and O–H groups in total. The van der Waals surface area contributed by atoms with E-state index in [1.54, 1.807) is 29.4 Å². The second kappa shape index (κ2) is 6.56. The number of aryl methyl sites for hydroxylation is 1. The number of hydrogen-bond donors (Lipinski definition) is 1. The highest BCUT2D eigenvalue weighted by atomic mass is 16.2. The summed E-state index contributed by atoms with van der Waals surface area (Å²) in [4.78, 5) is 34.2. The molecular formula is C17H18N4O2. The number of amides is 2. The molecule has 1 aliphatic heterocycles. The second-order valence-electron chi connectivity index (χ2n) is 5.43. The second-order valence-corrected chi connectivity index (χ2v) is 5.43. The summed E-state index contributed by atoms with van der Waals surface area (Å²) in [6, 6.07) is 7.21. The zero-order valence-electron chi connectivity index (χ0n) is 13.0. The van der Waals surface area contributed by atoms with Crippen molar-refractivity contribution in [2.45, 2.75) is 13.3 Å². The van der Waals surface area contributed by atoms with Gasteiger partial charge in [-0.2, -0.15) is 0 Å². The molecule has 2 amide bonds. The van der Waals surface area contributed by atoms with Gasteiger partial charge in [-0.05, 0) is 24.1 Å². The average molecular weight is 310 g/mol. The smallest absolute Gasteiger partial charge is 0.254 e. The molecule has 23 heavy (non-hydrogen) atoms. The summed E-state index contributed by atoms with van der Waals surface area (Å²) < 4.78 is 0. The number of aromatic nitrogens is 2. The van der Waals surface area contributed by atoms with E-state index in [-0.39, 0.29) is 18.4 Å². The molecule has 2 aromatic rings. The molecule has 0 bridgehead atoms. The largest absolute Gasteiger partial charge is 0.353 e. The molecule has 0 aliphatic carbocycles. The van der Waals surface area contributed by atoms with Crippen LogP contribution in [0.25, 0.3) is 11.4 Å². The molecule has 1 saturated heterocycles. The lowest BCUT2D eigenvalue weighted by Gasteiger charge is -2.26. The molecule has 118 valence electrons. The fourth-order valence-corrected chi connectivity index (χ4v) is 2.47. The normalized spacial score (nSPS) is 14.5. The Morgan fingerprint density at radius 3 is 2.78 bits per heavy atom. The molecule has 0 unspecified atom stereocenters. The molecule has 0 spiro atoms. The number of piperazine rings is 1. The maximum atomic E-state index is 12.5. The quantitative estimate of drug-likeness (QED) is 0.926. The van der Waals surface area contributed by atoms with Crippen molar-refractivity contribution in [1.29, 1.82) is 0 Å². The van der Waals surface area contributed by atoms with E-state index in [9.17, 15) is 9.59 Å². The summed E-state index contributed by atoms with van der Waals surface area (Å²) >= 11 is 0. The highest BCUT2D eigenvalue weighted by Gasteiger charge is 2.22. The number of carbonyl (C=O) groups excluding carboxylic acids is 2. The molecule has 0 radical (unpaired) electrons. The first-order valence-corrected chi connectivity index (χ1v) is 7.64. The molecule has 3 rings (SSSR count). The number of benzene rings is 1. The molecular weight excluding hydrogens is 292 g/mol. The Morgan fingerprint density at radius 2 is 2.09 bits per heavy atom. The molecule has 1 aromatic carbocycles. The van der Waals surface area contributed by atoms with Crippen molar-refractivity contribution in [1.82, 2.24) is 20.2 Å². The van der Waals surface area contributed by atoms with Gasteiger partial charge in [0.25, 0.3) is 5.91 Å². The summed E-state index contributed by atoms with van der Waals surface area (Å²) in [5.74, 6) is 0.319. The van der Waals surface area contributed by atoms with Gasteiger partial charge in [-0.3, -0.25) is 9.59 Å². The third-order valence-electron chi connectivity index (χ3n) is 3.81. The Hall–Kier alpha value is -2.76. The lowest BCUT2D eigenvalue weighted by molar-refractivity contribution is -0.123. The third-order valence-corrected chi connectivity index (χ3v) is 3.81. The maximum Gasteiger partial charge on any atom is 0.254 e. The number of hydrogen-bond acceptors (Lipinski definition) is 4. The van der Waals surface area contributed by atoms with Crippen LogP contribution in [-0.4, -0.2) is 46.3 Å². The van der Waals surface area contributed by atoms with Crippen molar-refractivity contribution in [3.63, 3.8) is 0 Å². The Bertz CT molecular complexity index is 728. The summed E-state index contributed by atoms with van der Waals surface area (Å²) in [6.07, 6.45) is 4.48. The number of nitrogens with zero attached hydrogens (tertiary/aromatic N) is 3. The molecule has 1 aromatic heterocycles. The first-order chi connectivity index (χ1) is 11.2. The van der Waals surface area contributed by atoms with Gasteiger partial charge in [0.1, 0.15) is 0 Å². The molecule has 0 saturated carbocycles. The Morgan fingerprint density at radius 1 is 1.30 bits per heavy atom. The van der Waals surface area contributed by atoms with Crippen LogP contribution in [-0.2, 0) is 11.2 Å². The van der Waals surface area contributed by atoms with Crippen LogP contribution in [0, 0.1) is 0 Å². The summed E-state index contributed by atoms with van der Waals surface area (Å²) in [5.41, 5.74) is 2.40. The van der Waals surface area contributed by atoms with Gasteiger partial charge < -0.3 is 10.2 Å². The van der Waals surface area contributed by atoms with Crippen molar-refractivity contribution in [2.75, 3.05) is 19.6 Å². The number of rotatable bonds is 3. The van der Waals surface area contributed by atoms with Crippen LogP contribution in [0.2, 0.25) is 0 Å². The van der Waals surface area contributed by atoms with E-state index in [1.165, 1.54) is 0 Å². The van der Waals surface area contributed by atoms with Gasteiger partial charge in [-0.1, -0.05) is 19.1 Å². The molecule has 1 aliphatic rings. The van der Waals surface area contributed by atoms with E-state index in [1.807, 2.05) is 19.1 Å². The first kappa shape index (κ1) is 15.1. The van der Waals surface area contributed by atoms with Crippen LogP contribution in [0.15, 0.2) is 36.7 Å². The van der Waals surface area contributed by atoms with E-state index >= 15 is 0 Å². The standard InChI is InChI=1S/C17H18N4O2/c1-2-12-9-19-16(20-10-12)13-4-3-5-14(8-13)17(23)21-7-6-18-15(22)11-21/h3-5,8-10H,2,6-7,11H2,1H3,(H,18,22). The molecule has 2 heterocycles. The zero-order chi connectivity index (χ0) is 16.2. The van der Waals surface area contributed by atoms with Gasteiger partial charge in [-0.15, -0.1) is 0 Å². The highest BCUT2D eigenvalue weighted by molar-refractivity contribution is 5.97. The lowest BCUT2D eigenvalue weighted by atomic mass is 10.1. The van der Waals surface area contributed by atoms with E-state index in [0.29, 0.717) is 24.5 Å². The number of nitrogens with one attached hydrogen (secondary N) is 1. The maximum absolute atomic E-state index is 12.5. The molecule has 6 nitrogen and oxygen atoms in total. The van der Waals surface area contributed by atoms with Crippen LogP contribution in [0.1, 0.15) is 22.8 Å². The summed E-state index contributed by atoms with van der Waals surface area (Å²) in [5, 5.41) is 2.71. The van der Waals surface area contributed by atoms with Crippen molar-refractivity contribution in [2.24, 2.45) is 0 Å². The van der Waals surface area contributed by atoms with E-state index < -0.39 is 0 Å². The van der Waals surface area contributed by atoms with Gasteiger partial charge in [-0.25, -0.2) is 9.97 Å². The SMILES string of the molecule is CCc1cnc(-c2cccc(C(=O)N3CCNC(=O)C3)c2)nc1. The summed E-state index contributed by atoms with van der Waals surface area (Å²) in [7, 11) is 0. The topological polar surface area (TPSA) is 75.2 Å². The predicted molar refractivity (Wildman–Crippen MR) is 85.8 cm³/mol. The fourth-order valence-electron chi connectivity index (χ4n) is 2.47. The highest BCUT2D eigenvalue weighted by Crippen LogP contribution is 2.17. The van der Waals surface area contributed by atoms with Gasteiger partial charge >= 0.3 is 0 Å². The van der Waals surface area contributed by atoms with Crippen LogP contribution >= 0.6 is 0 Å². The van der Waals surface area contributed by atoms with Crippen molar-refractivity contribution in [3.05, 3.63) is 47.8 Å². The first-order valence-electron chi connectivity index (χ1n) is 7.64. The Kier molecular flexibility index (Phi) is 4.32. The fraction of sp³-hybridized carbons (Fsp3) is 0.294. The third kappa shape index (κ3) is 3.36. The minimum Gasteiger partial charge on any atom is -0.353 e. The molecule has 0 atom stereocenters. The van der Waals surface area contributed by atoms with Crippen LogP contribution in [0.3, 0.4) is 0 Å². The molecule has 1 fully saturated rings. The van der Waals surface area contributed by atoms with Gasteiger partial charge in [0, 0.05) is 36.6 Å². The van der Waals surface area contributed by atoms with Gasteiger partial charge in [0.15, 0.2) is 5.82 Å². The Labute approximate surface area is 134 Å². The van der Waals surface area contributed by atoms with Crippen LogP contribution in [0.5, 0.6) is 0 Å². The molecule has 6 heteroatoms. The van der Waals surface area contributed by atoms with Crippen molar-refractivity contribution >= 4 is 11.8 Å². The number of carbonyl (C=O) groups is 2. The minimum atomic E-state index is -0.146. The monoisotopic (exact) mass is 310 g/mol. The van der Waals surface area contributed by atoms with Crippen LogP contribution < -0.4 is 5.32 Å². The van der Waals surface area contributed by atoms with E-state index in [0.717, 1.165) is 17.5 Å². The van der Waals surface area contributed by atoms with Crippen molar-refractivity contribution in [3.8, 4) is 11.4 Å². The average Bonchev–Trinajstić information content (AvgIpc) is 2.61. The minimum absolute atomic E-state index is 0.102. The Balaban J connectivity index is 1.83. The van der Waals surface area contributed by atoms with Crippen LogP contribution in [0.4, 0.5) is 0 Å². The van der Waals surface area contributed by atoms with Gasteiger partial charge in [0.2, 0.25) is 5.91 Å². The van der Waals surface area contributed by atoms with E-state index in [4.69, 9.17) is 0 Å². The summed E-state index contributed by atoms with van der Waals surface area (Å²) in [6.45, 7) is 3.17. The van der Waals surface area contributed by atoms with E-state index in [2.05, 4.69) is 15.3 Å². The lowest BCUT2D eigenvalue weighted by Crippen LogP contribution is -2.49. The zero-order valence-corrected chi connectivity index (χ0v) is 13.0. The van der Waals surface area contributed by atoms with Gasteiger partial charge in [0.05, 0.1) is 6.54 Å².